The summed E-state index contributed by atoms with van der Waals surface area (Å²) in [6.45, 7) is 0. The Bertz CT molecular complexity index is 1360. The largest absolute Gasteiger partial charge is 0.227 e. The molecule has 0 aliphatic heterocycles. The lowest BCUT2D eigenvalue weighted by molar-refractivity contribution is -0.509. The molecule has 0 saturated heterocycles. The fourth-order valence-corrected chi connectivity index (χ4v) is 4.70. The molecule has 2 heterocycles. The Morgan fingerprint density at radius 2 is 1.26 bits per heavy atom. The normalized spacial score (nSPS) is 12.6. The summed E-state index contributed by atoms with van der Waals surface area (Å²) in [6, 6.07) is 19.9. The van der Waals surface area contributed by atoms with Gasteiger partial charge in [-0.05, 0) is 27.6 Å². The zero-order valence-electron chi connectivity index (χ0n) is 12.2. The monoisotopic (exact) mass is 356 g/mol. The van der Waals surface area contributed by atoms with Crippen molar-refractivity contribution >= 4 is 64.5 Å². The summed E-state index contributed by atoms with van der Waals surface area (Å²) in [4.78, 5) is 0. The van der Waals surface area contributed by atoms with Crippen LogP contribution in [0.3, 0.4) is 0 Å². The smallest absolute Gasteiger partial charge is 0.166 e. The molecule has 6 aromatic rings. The molecule has 0 aliphatic rings. The lowest BCUT2D eigenvalue weighted by Crippen LogP contribution is -2.21. The standard InChI is InChI=1S/C21H11BrN/c22-16-7-6-14-9-11-23-10-8-13-5-4-12-2-1-3-15-17(12)18(13)21(23)19(14)20(15)16/h1-11H/q+1. The van der Waals surface area contributed by atoms with Gasteiger partial charge in [0, 0.05) is 27.4 Å². The van der Waals surface area contributed by atoms with Crippen molar-refractivity contribution in [1.82, 2.24) is 0 Å². The molecular weight excluding hydrogens is 346 g/mol. The van der Waals surface area contributed by atoms with Crippen LogP contribution in [0.5, 0.6) is 0 Å². The maximum Gasteiger partial charge on any atom is 0.227 e. The average Bonchev–Trinajstić information content (AvgIpc) is 2.60. The predicted octanol–water partition coefficient (Wildman–Crippen LogP) is 5.68. The van der Waals surface area contributed by atoms with Gasteiger partial charge >= 0.3 is 0 Å². The minimum Gasteiger partial charge on any atom is -0.166 e. The second-order valence-electron chi connectivity index (χ2n) is 6.21. The van der Waals surface area contributed by atoms with Gasteiger partial charge in [-0.3, -0.25) is 0 Å². The topological polar surface area (TPSA) is 4.10 Å². The lowest BCUT2D eigenvalue weighted by atomic mass is 9.90. The first-order chi connectivity index (χ1) is 11.3. The summed E-state index contributed by atoms with van der Waals surface area (Å²) < 4.78 is 3.42. The van der Waals surface area contributed by atoms with Gasteiger partial charge in [0.15, 0.2) is 12.4 Å². The van der Waals surface area contributed by atoms with Crippen LogP contribution < -0.4 is 4.40 Å². The van der Waals surface area contributed by atoms with Crippen molar-refractivity contribution in [2.24, 2.45) is 0 Å². The van der Waals surface area contributed by atoms with Crippen molar-refractivity contribution in [3.05, 3.63) is 71.5 Å². The second-order valence-corrected chi connectivity index (χ2v) is 7.06. The number of halogens is 1. The molecule has 0 radical (unpaired) electrons. The molecule has 0 N–H and O–H groups in total. The second kappa shape index (κ2) is 3.90. The summed E-state index contributed by atoms with van der Waals surface area (Å²) in [5.74, 6) is 0. The van der Waals surface area contributed by atoms with Crippen molar-refractivity contribution < 1.29 is 4.40 Å². The van der Waals surface area contributed by atoms with E-state index in [-0.39, 0.29) is 0 Å². The predicted molar refractivity (Wildman–Crippen MR) is 99.7 cm³/mol. The molecule has 23 heavy (non-hydrogen) atoms. The molecule has 6 rings (SSSR count). The van der Waals surface area contributed by atoms with Crippen molar-refractivity contribution in [1.29, 1.82) is 0 Å². The number of nitrogens with zero attached hydrogens (tertiary/aromatic N) is 1. The Kier molecular flexibility index (Phi) is 2.04. The Morgan fingerprint density at radius 3 is 2.04 bits per heavy atom. The molecule has 2 aromatic heterocycles. The SMILES string of the molecule is Brc1ccc2cc[n+]3ccc4ccc5cccc6c1c2c3c4c56. The molecule has 106 valence electrons. The van der Waals surface area contributed by atoms with Crippen molar-refractivity contribution in [2.75, 3.05) is 0 Å². The lowest BCUT2D eigenvalue weighted by Gasteiger charge is -2.14. The van der Waals surface area contributed by atoms with Crippen molar-refractivity contribution in [3.63, 3.8) is 0 Å². The first-order valence-corrected chi connectivity index (χ1v) is 8.53. The third kappa shape index (κ3) is 1.32. The molecule has 0 atom stereocenters. The van der Waals surface area contributed by atoms with Crippen LogP contribution in [0.4, 0.5) is 0 Å². The molecule has 4 aromatic carbocycles. The molecule has 0 fully saturated rings. The minimum absolute atomic E-state index is 1.16. The third-order valence-electron chi connectivity index (χ3n) is 5.10. The number of benzene rings is 4. The van der Waals surface area contributed by atoms with E-state index in [1.807, 2.05) is 0 Å². The number of hydrogen-bond acceptors (Lipinski definition) is 0. The number of aromatic nitrogens is 1. The molecule has 0 saturated carbocycles. The van der Waals surface area contributed by atoms with Crippen molar-refractivity contribution in [2.45, 2.75) is 0 Å². The maximum absolute atomic E-state index is 3.80. The molecule has 0 aliphatic carbocycles. The third-order valence-corrected chi connectivity index (χ3v) is 5.76. The van der Waals surface area contributed by atoms with Crippen LogP contribution >= 0.6 is 15.9 Å². The van der Waals surface area contributed by atoms with Gasteiger partial charge in [0.05, 0.1) is 10.8 Å². The van der Waals surface area contributed by atoms with Crippen LogP contribution in [-0.2, 0) is 0 Å². The molecule has 0 bridgehead atoms. The number of rotatable bonds is 0. The number of fused-ring (bicyclic) bond motifs is 1. The molecule has 1 nitrogen and oxygen atoms in total. The summed E-state index contributed by atoms with van der Waals surface area (Å²) in [7, 11) is 0. The van der Waals surface area contributed by atoms with Gasteiger partial charge in [0.1, 0.15) is 0 Å². The van der Waals surface area contributed by atoms with E-state index >= 15 is 0 Å². The van der Waals surface area contributed by atoms with E-state index in [1.54, 1.807) is 0 Å². The highest BCUT2D eigenvalue weighted by molar-refractivity contribution is 9.10. The van der Waals surface area contributed by atoms with Crippen LogP contribution in [0.1, 0.15) is 0 Å². The molecular formula is C21H11BrN+. The average molecular weight is 357 g/mol. The van der Waals surface area contributed by atoms with Gasteiger partial charge in [-0.15, -0.1) is 0 Å². The minimum atomic E-state index is 1.16. The van der Waals surface area contributed by atoms with E-state index < -0.39 is 0 Å². The van der Waals surface area contributed by atoms with E-state index in [9.17, 15) is 0 Å². The van der Waals surface area contributed by atoms with Gasteiger partial charge in [0.2, 0.25) is 5.52 Å². The highest BCUT2D eigenvalue weighted by Crippen LogP contribution is 2.43. The van der Waals surface area contributed by atoms with Gasteiger partial charge < -0.3 is 0 Å². The number of pyridine rings is 2. The summed E-state index contributed by atoms with van der Waals surface area (Å²) in [5.41, 5.74) is 1.32. The molecule has 0 unspecified atom stereocenters. The highest BCUT2D eigenvalue weighted by atomic mass is 79.9. The van der Waals surface area contributed by atoms with Gasteiger partial charge in [-0.25, -0.2) is 0 Å². The summed E-state index contributed by atoms with van der Waals surface area (Å²) >= 11 is 3.80. The fraction of sp³-hybridized carbons (Fsp3) is 0. The molecule has 0 spiro atoms. The quantitative estimate of drug-likeness (QED) is 0.187. The van der Waals surface area contributed by atoms with Gasteiger partial charge in [-0.2, -0.15) is 4.40 Å². The zero-order chi connectivity index (χ0) is 15.1. The highest BCUT2D eigenvalue weighted by Gasteiger charge is 2.22. The van der Waals surface area contributed by atoms with Crippen LogP contribution in [0, 0.1) is 0 Å². The summed E-state index contributed by atoms with van der Waals surface area (Å²) in [6.07, 6.45) is 4.34. The first kappa shape index (κ1) is 12.0. The van der Waals surface area contributed by atoms with E-state index in [0.29, 0.717) is 0 Å². The Morgan fingerprint density at radius 1 is 0.609 bits per heavy atom. The zero-order valence-corrected chi connectivity index (χ0v) is 13.8. The van der Waals surface area contributed by atoms with E-state index in [2.05, 4.69) is 87.3 Å². The molecule has 0 amide bonds. The Balaban J connectivity index is 2.21. The van der Waals surface area contributed by atoms with E-state index in [4.69, 9.17) is 0 Å². The number of hydrogen-bond donors (Lipinski definition) is 0. The first-order valence-electron chi connectivity index (χ1n) is 7.74. The maximum atomic E-state index is 3.80. The van der Waals surface area contributed by atoms with Gasteiger partial charge in [0.25, 0.3) is 0 Å². The molecule has 2 heteroatoms. The van der Waals surface area contributed by atoms with Crippen LogP contribution in [0.25, 0.3) is 48.6 Å². The van der Waals surface area contributed by atoms with Crippen molar-refractivity contribution in [3.8, 4) is 0 Å². The van der Waals surface area contributed by atoms with E-state index in [0.717, 1.165) is 4.47 Å². The fourth-order valence-electron chi connectivity index (χ4n) is 4.15. The Labute approximate surface area is 140 Å². The van der Waals surface area contributed by atoms with Gasteiger partial charge in [-0.1, -0.05) is 52.3 Å². The van der Waals surface area contributed by atoms with Crippen LogP contribution in [-0.4, -0.2) is 0 Å². The Hall–Kier alpha value is -2.45. The van der Waals surface area contributed by atoms with Crippen LogP contribution in [0.15, 0.2) is 71.5 Å². The van der Waals surface area contributed by atoms with E-state index in [1.165, 1.54) is 48.6 Å². The van der Waals surface area contributed by atoms with Crippen LogP contribution in [0.2, 0.25) is 0 Å². The summed E-state index contributed by atoms with van der Waals surface area (Å²) in [5, 5.41) is 10.6.